The van der Waals surface area contributed by atoms with Gasteiger partial charge in [-0.15, -0.1) is 0 Å². The molecule has 1 spiro atoms. The van der Waals surface area contributed by atoms with Gasteiger partial charge in [-0.05, 0) is 57.0 Å². The summed E-state index contributed by atoms with van der Waals surface area (Å²) in [5, 5.41) is 13.1. The second-order valence-electron chi connectivity index (χ2n) is 12.8. The number of aliphatic hydroxyl groups excluding tert-OH is 1. The molecule has 7 atom stereocenters. The van der Waals surface area contributed by atoms with E-state index in [0.717, 1.165) is 18.8 Å². The molecule has 4 aliphatic heterocycles. The van der Waals surface area contributed by atoms with Crippen LogP contribution in [0.15, 0.2) is 78.9 Å². The van der Waals surface area contributed by atoms with Crippen molar-refractivity contribution >= 4 is 35.1 Å². The first-order valence-electron chi connectivity index (χ1n) is 16.9. The minimum absolute atomic E-state index is 0.0665. The molecule has 6 rings (SSSR count). The molecule has 48 heavy (non-hydrogen) atoms. The number of cyclic esters (lactones) is 1. The van der Waals surface area contributed by atoms with E-state index in [9.17, 15) is 24.3 Å². The lowest BCUT2D eigenvalue weighted by atomic mass is 9.78. The zero-order chi connectivity index (χ0) is 34.0. The lowest BCUT2D eigenvalue weighted by molar-refractivity contribution is -0.160. The number of allylic oxidation sites excluding steroid dienone is 1. The number of aliphatic hydroxyl groups is 1. The van der Waals surface area contributed by atoms with E-state index in [-0.39, 0.29) is 37.9 Å². The number of esters is 1. The van der Waals surface area contributed by atoms with Gasteiger partial charge in [-0.25, -0.2) is 0 Å². The van der Waals surface area contributed by atoms with Crippen LogP contribution in [0.2, 0.25) is 0 Å². The van der Waals surface area contributed by atoms with Crippen LogP contribution in [0.3, 0.4) is 0 Å². The van der Waals surface area contributed by atoms with Crippen LogP contribution in [-0.4, -0.2) is 90.3 Å². The fourth-order valence-corrected chi connectivity index (χ4v) is 7.57. The van der Waals surface area contributed by atoms with Gasteiger partial charge >= 0.3 is 5.97 Å². The molecular formula is C37H44N4O7. The Hall–Kier alpha value is -4.48. The summed E-state index contributed by atoms with van der Waals surface area (Å²) in [5.74, 6) is -3.81. The highest BCUT2D eigenvalue weighted by Crippen LogP contribution is 2.54. The molecule has 2 aromatic rings. The summed E-state index contributed by atoms with van der Waals surface area (Å²) in [6, 6.07) is 15.0. The van der Waals surface area contributed by atoms with Gasteiger partial charge in [0.15, 0.2) is 0 Å². The van der Waals surface area contributed by atoms with Crippen LogP contribution in [0.1, 0.15) is 45.3 Å². The third-order valence-corrected chi connectivity index (χ3v) is 10.0. The lowest BCUT2D eigenvalue weighted by Crippen LogP contribution is -2.57. The van der Waals surface area contributed by atoms with E-state index >= 15 is 0 Å². The van der Waals surface area contributed by atoms with Gasteiger partial charge in [0.1, 0.15) is 23.7 Å². The summed E-state index contributed by atoms with van der Waals surface area (Å²) in [7, 11) is 0. The van der Waals surface area contributed by atoms with Gasteiger partial charge in [0.25, 0.3) is 5.91 Å². The van der Waals surface area contributed by atoms with Crippen LogP contribution in [0.5, 0.6) is 0 Å². The van der Waals surface area contributed by atoms with E-state index in [0.29, 0.717) is 17.7 Å². The number of anilines is 2. The molecule has 0 aromatic heterocycles. The molecule has 0 aliphatic carbocycles. The van der Waals surface area contributed by atoms with Crippen LogP contribution in [-0.2, 0) is 28.7 Å². The normalized spacial score (nSPS) is 30.2. The van der Waals surface area contributed by atoms with E-state index in [1.165, 1.54) is 4.90 Å². The molecular weight excluding hydrogens is 612 g/mol. The molecule has 2 fully saturated rings. The Bertz CT molecular complexity index is 1570. The first-order chi connectivity index (χ1) is 23.2. The Morgan fingerprint density at radius 1 is 1.00 bits per heavy atom. The number of hydrogen-bond donors (Lipinski definition) is 2. The summed E-state index contributed by atoms with van der Waals surface area (Å²) >= 11 is 0. The van der Waals surface area contributed by atoms with Gasteiger partial charge in [-0.1, -0.05) is 54.6 Å². The van der Waals surface area contributed by atoms with Crippen molar-refractivity contribution in [3.05, 3.63) is 84.5 Å². The van der Waals surface area contributed by atoms with Crippen LogP contribution in [0.25, 0.3) is 0 Å². The number of fused-ring (bicyclic) bond motifs is 2. The molecule has 2 aromatic carbocycles. The number of benzene rings is 2. The third-order valence-electron chi connectivity index (χ3n) is 10.0. The van der Waals surface area contributed by atoms with E-state index in [1.807, 2.05) is 60.7 Å². The summed E-state index contributed by atoms with van der Waals surface area (Å²) in [5.41, 5.74) is 0.899. The Balaban J connectivity index is 1.40. The molecule has 254 valence electrons. The fraction of sp³-hybridized carbons (Fsp3) is 0.459. The zero-order valence-corrected chi connectivity index (χ0v) is 27.7. The summed E-state index contributed by atoms with van der Waals surface area (Å²) in [6.45, 7) is 7.46. The van der Waals surface area contributed by atoms with Crippen LogP contribution < -0.4 is 15.1 Å². The number of carbonyl (C=O) groups is 4. The smallest absolute Gasteiger partial charge is 0.313 e. The largest absolute Gasteiger partial charge is 0.455 e. The van der Waals surface area contributed by atoms with Crippen molar-refractivity contribution in [1.82, 2.24) is 10.2 Å². The van der Waals surface area contributed by atoms with E-state index < -0.39 is 53.6 Å². The summed E-state index contributed by atoms with van der Waals surface area (Å²) in [4.78, 5) is 61.3. The maximum Gasteiger partial charge on any atom is 0.313 e. The monoisotopic (exact) mass is 656 g/mol. The Labute approximate surface area is 281 Å². The Morgan fingerprint density at radius 2 is 1.73 bits per heavy atom. The SMILES string of the molecule is CCN(CC)c1ccc(N2CC=C[C@]34O[C@@H]5/C=C\CCC(=O)NC[C@@H](c6ccccc6)OC(=O)[C@@H]5[C@H]3C(=O)N([C@H](C)CO)[C@@H]4C2=O)cc1. The maximum absolute atomic E-state index is 14.7. The molecule has 0 bridgehead atoms. The number of hydrogen-bond acceptors (Lipinski definition) is 8. The number of nitrogens with one attached hydrogen (secondary N) is 1. The van der Waals surface area contributed by atoms with Crippen molar-refractivity contribution in [3.63, 3.8) is 0 Å². The van der Waals surface area contributed by atoms with Crippen LogP contribution in [0.4, 0.5) is 11.4 Å². The molecule has 0 radical (unpaired) electrons. The average Bonchev–Trinajstić information content (AvgIpc) is 3.50. The molecule has 4 heterocycles. The van der Waals surface area contributed by atoms with Gasteiger partial charge in [-0.3, -0.25) is 19.2 Å². The predicted octanol–water partition coefficient (Wildman–Crippen LogP) is 3.15. The molecule has 0 unspecified atom stereocenters. The zero-order valence-electron chi connectivity index (χ0n) is 27.7. The number of ether oxygens (including phenoxy) is 2. The molecule has 2 saturated heterocycles. The second-order valence-corrected chi connectivity index (χ2v) is 12.8. The summed E-state index contributed by atoms with van der Waals surface area (Å²) < 4.78 is 12.9. The Kier molecular flexibility index (Phi) is 9.70. The molecule has 11 heteroatoms. The number of carbonyl (C=O) groups excluding carboxylic acids is 4. The number of likely N-dealkylation sites (tertiary alicyclic amines) is 1. The lowest BCUT2D eigenvalue weighted by Gasteiger charge is -2.37. The fourth-order valence-electron chi connectivity index (χ4n) is 7.57. The second kappa shape index (κ2) is 13.9. The van der Waals surface area contributed by atoms with E-state index in [2.05, 4.69) is 24.1 Å². The van der Waals surface area contributed by atoms with Crippen molar-refractivity contribution < 1.29 is 33.8 Å². The van der Waals surface area contributed by atoms with Crippen molar-refractivity contribution in [1.29, 1.82) is 0 Å². The summed E-state index contributed by atoms with van der Waals surface area (Å²) in [6.07, 6.45) is 6.00. The minimum Gasteiger partial charge on any atom is -0.455 e. The van der Waals surface area contributed by atoms with Crippen molar-refractivity contribution in [2.24, 2.45) is 11.8 Å². The number of nitrogens with zero attached hydrogens (tertiary/aromatic N) is 3. The third kappa shape index (κ3) is 5.90. The number of amides is 3. The Morgan fingerprint density at radius 3 is 2.42 bits per heavy atom. The molecule has 4 aliphatic rings. The molecule has 0 saturated carbocycles. The van der Waals surface area contributed by atoms with Crippen molar-refractivity contribution in [2.75, 3.05) is 42.6 Å². The highest BCUT2D eigenvalue weighted by molar-refractivity contribution is 6.05. The van der Waals surface area contributed by atoms with Gasteiger partial charge in [-0.2, -0.15) is 0 Å². The van der Waals surface area contributed by atoms with Gasteiger partial charge in [0, 0.05) is 37.4 Å². The average molecular weight is 657 g/mol. The van der Waals surface area contributed by atoms with Gasteiger partial charge in [0.2, 0.25) is 11.8 Å². The highest BCUT2D eigenvalue weighted by atomic mass is 16.6. The standard InChI is InChI=1S/C37H44N4O7/c1-4-39(5-2)26-16-18-27(19-17-26)40-21-11-20-37-32(34(44)41(24(3)23-42)33(37)35(40)45)31-28(48-37)14-9-10-15-30(43)38-22-29(47-36(31)46)25-12-7-6-8-13-25/h6-9,11-14,16-20,24,28-29,31-33,42H,4-5,10,15,21-23H2,1-3H3,(H,38,43)/b14-9-/t24-,28-,29+,31+,32+,33-,37+/m1/s1. The minimum atomic E-state index is -1.50. The van der Waals surface area contributed by atoms with E-state index in [1.54, 1.807) is 30.1 Å². The first-order valence-corrected chi connectivity index (χ1v) is 16.9. The van der Waals surface area contributed by atoms with Crippen molar-refractivity contribution in [3.8, 4) is 0 Å². The molecule has 11 nitrogen and oxygen atoms in total. The first kappa shape index (κ1) is 33.4. The topological polar surface area (TPSA) is 129 Å². The molecule has 2 N–H and O–H groups in total. The number of rotatable bonds is 7. The predicted molar refractivity (Wildman–Crippen MR) is 180 cm³/mol. The quantitative estimate of drug-likeness (QED) is 0.344. The maximum atomic E-state index is 14.7. The van der Waals surface area contributed by atoms with Crippen molar-refractivity contribution in [2.45, 2.75) is 63.5 Å². The van der Waals surface area contributed by atoms with Gasteiger partial charge in [0.05, 0.1) is 31.2 Å². The van der Waals surface area contributed by atoms with Crippen LogP contribution in [0, 0.1) is 11.8 Å². The molecule has 3 amide bonds. The van der Waals surface area contributed by atoms with Gasteiger partial charge < -0.3 is 34.6 Å². The van der Waals surface area contributed by atoms with Crippen LogP contribution >= 0.6 is 0 Å². The van der Waals surface area contributed by atoms with E-state index in [4.69, 9.17) is 9.47 Å². The highest BCUT2D eigenvalue weighted by Gasteiger charge is 2.72.